The van der Waals surface area contributed by atoms with Gasteiger partial charge in [-0.15, -0.1) is 0 Å². The molecule has 6 rings (SSSR count). The molecule has 0 aliphatic heterocycles. The number of carbonyl (C=O) groups is 2. The van der Waals surface area contributed by atoms with Gasteiger partial charge in [0, 0.05) is 30.1 Å². The number of hydrogen-bond acceptors (Lipinski definition) is 10. The van der Waals surface area contributed by atoms with Crippen LogP contribution in [0.4, 0.5) is 4.79 Å². The standard InChI is InChI=1S/C51H58N4O8/c1-3-36(4-2)47(33-53-31-45(57)37-16-7-5-8-17-37)63-51(60)55-49(38-18-9-6-10-19-38)39-20-14-22-41(30-39)62-34-35-15-13-21-40(29-35)61-28-12-11-27-52-32-46(58)42-23-25-44(56)50-43(42)24-26-48(59)54-50/h5-10,13-26,29-30,36,46-47,49,52-53,56,58H,3-4,11-12,27-28,31-34H2,1-2H3,(H,54,59)(H,55,60)/t46?,47-,49?/m0/s1. The van der Waals surface area contributed by atoms with Crippen LogP contribution in [0.5, 0.6) is 17.2 Å². The number of aromatic nitrogens is 1. The molecule has 12 nitrogen and oxygen atoms in total. The van der Waals surface area contributed by atoms with Gasteiger partial charge in [-0.3, -0.25) is 9.59 Å². The largest absolute Gasteiger partial charge is 0.506 e. The summed E-state index contributed by atoms with van der Waals surface area (Å²) < 4.78 is 18.4. The highest BCUT2D eigenvalue weighted by Gasteiger charge is 2.26. The Hall–Kier alpha value is -6.47. The van der Waals surface area contributed by atoms with Crippen LogP contribution in [0.25, 0.3) is 10.9 Å². The van der Waals surface area contributed by atoms with E-state index < -0.39 is 24.3 Å². The first kappa shape index (κ1) is 46.0. The number of benzene rings is 5. The zero-order valence-corrected chi connectivity index (χ0v) is 35.9. The lowest BCUT2D eigenvalue weighted by atomic mass is 9.96. The van der Waals surface area contributed by atoms with Crippen molar-refractivity contribution in [3.8, 4) is 17.2 Å². The first-order valence-corrected chi connectivity index (χ1v) is 21.7. The van der Waals surface area contributed by atoms with E-state index in [4.69, 9.17) is 14.2 Å². The number of Topliss-reactive ketones (excluding diaryl/α,β-unsaturated/α-hetero) is 1. The van der Waals surface area contributed by atoms with Crippen LogP contribution >= 0.6 is 0 Å². The third kappa shape index (κ3) is 13.5. The Labute approximate surface area is 368 Å². The Balaban J connectivity index is 0.981. The summed E-state index contributed by atoms with van der Waals surface area (Å²) in [7, 11) is 0. The number of alkyl carbamates (subject to hydrolysis) is 1. The quantitative estimate of drug-likeness (QED) is 0.0257. The van der Waals surface area contributed by atoms with Crippen molar-refractivity contribution in [2.24, 2.45) is 5.92 Å². The number of fused-ring (bicyclic) bond motifs is 1. The lowest BCUT2D eigenvalue weighted by Gasteiger charge is -2.27. The number of ether oxygens (including phenoxy) is 3. The molecule has 0 saturated heterocycles. The summed E-state index contributed by atoms with van der Waals surface area (Å²) in [5, 5.41) is 31.2. The molecule has 3 atom stereocenters. The highest BCUT2D eigenvalue weighted by atomic mass is 16.6. The average molecular weight is 855 g/mol. The molecule has 0 radical (unpaired) electrons. The second kappa shape index (κ2) is 23.7. The fraction of sp³-hybridized carbons (Fsp3) is 0.314. The SMILES string of the molecule is CCC(CC)[C@H](CNCC(=O)c1ccccc1)OC(=O)NC(c1ccccc1)c1cccc(OCc2cccc(OCCCCNCC(O)c3ccc(O)c4[nH]c(=O)ccc34)c2)c1. The monoisotopic (exact) mass is 854 g/mol. The van der Waals surface area contributed by atoms with Crippen LogP contribution in [0, 0.1) is 5.92 Å². The summed E-state index contributed by atoms with van der Waals surface area (Å²) in [6.45, 7) is 6.47. The van der Waals surface area contributed by atoms with Crippen molar-refractivity contribution >= 4 is 22.8 Å². The van der Waals surface area contributed by atoms with Crippen molar-refractivity contribution in [2.45, 2.75) is 64.4 Å². The Bertz CT molecular complexity index is 2420. The number of rotatable bonds is 24. The number of aliphatic hydroxyl groups excluding tert-OH is 1. The number of phenolic OH excluding ortho intramolecular Hbond substituents is 1. The number of phenols is 1. The number of unbranched alkanes of at least 4 members (excludes halogenated alkanes) is 1. The number of hydrogen-bond donors (Lipinski definition) is 6. The molecule has 12 heteroatoms. The Morgan fingerprint density at radius 2 is 1.44 bits per heavy atom. The van der Waals surface area contributed by atoms with Gasteiger partial charge in [0.25, 0.3) is 0 Å². The lowest BCUT2D eigenvalue weighted by Crippen LogP contribution is -2.41. The smallest absolute Gasteiger partial charge is 0.408 e. The number of ketones is 1. The van der Waals surface area contributed by atoms with Gasteiger partial charge in [-0.05, 0) is 96.8 Å². The Morgan fingerprint density at radius 3 is 2.21 bits per heavy atom. The topological polar surface area (TPSA) is 171 Å². The maximum Gasteiger partial charge on any atom is 0.408 e. The average Bonchev–Trinajstić information content (AvgIpc) is 3.31. The number of pyridine rings is 1. The number of H-pyrrole nitrogens is 1. The van der Waals surface area contributed by atoms with Crippen LogP contribution in [0.1, 0.15) is 84.3 Å². The first-order chi connectivity index (χ1) is 30.7. The molecule has 0 spiro atoms. The van der Waals surface area contributed by atoms with E-state index in [2.05, 4.69) is 34.8 Å². The van der Waals surface area contributed by atoms with E-state index in [0.29, 0.717) is 60.6 Å². The fourth-order valence-electron chi connectivity index (χ4n) is 7.58. The Morgan fingerprint density at radius 1 is 0.730 bits per heavy atom. The minimum Gasteiger partial charge on any atom is -0.506 e. The van der Waals surface area contributed by atoms with Gasteiger partial charge in [0.1, 0.15) is 30.0 Å². The molecule has 6 N–H and O–H groups in total. The molecule has 1 heterocycles. The molecule has 0 bridgehead atoms. The van der Waals surface area contributed by atoms with Gasteiger partial charge in [-0.2, -0.15) is 0 Å². The maximum absolute atomic E-state index is 13.7. The van der Waals surface area contributed by atoms with E-state index in [-0.39, 0.29) is 29.6 Å². The normalized spacial score (nSPS) is 12.7. The molecule has 0 saturated carbocycles. The van der Waals surface area contributed by atoms with E-state index in [0.717, 1.165) is 48.1 Å². The van der Waals surface area contributed by atoms with Gasteiger partial charge in [0.2, 0.25) is 5.56 Å². The molecule has 1 aromatic heterocycles. The van der Waals surface area contributed by atoms with Crippen LogP contribution in [0.3, 0.4) is 0 Å². The van der Waals surface area contributed by atoms with Gasteiger partial charge in [0.05, 0.1) is 30.8 Å². The predicted molar refractivity (Wildman–Crippen MR) is 245 cm³/mol. The van der Waals surface area contributed by atoms with Gasteiger partial charge in [0.15, 0.2) is 5.78 Å². The molecule has 6 aromatic rings. The van der Waals surface area contributed by atoms with Crippen molar-refractivity contribution in [1.29, 1.82) is 0 Å². The van der Waals surface area contributed by atoms with E-state index >= 15 is 0 Å². The maximum atomic E-state index is 13.7. The molecule has 63 heavy (non-hydrogen) atoms. The molecular weight excluding hydrogens is 797 g/mol. The summed E-state index contributed by atoms with van der Waals surface area (Å²) in [6.07, 6.45) is 1.47. The minimum atomic E-state index is -0.815. The highest BCUT2D eigenvalue weighted by molar-refractivity contribution is 5.97. The number of carbonyl (C=O) groups excluding carboxylic acids is 2. The number of amides is 1. The van der Waals surface area contributed by atoms with Crippen molar-refractivity contribution in [1.82, 2.24) is 20.9 Å². The minimum absolute atomic E-state index is 0.0214. The molecule has 0 aliphatic carbocycles. The van der Waals surface area contributed by atoms with Crippen LogP contribution in [-0.2, 0) is 11.3 Å². The molecule has 5 aromatic carbocycles. The van der Waals surface area contributed by atoms with E-state index in [1.54, 1.807) is 24.3 Å². The van der Waals surface area contributed by atoms with Crippen LogP contribution < -0.4 is 31.0 Å². The third-order valence-corrected chi connectivity index (χ3v) is 11.1. The van der Waals surface area contributed by atoms with E-state index in [1.807, 2.05) is 97.1 Å². The van der Waals surface area contributed by atoms with Crippen molar-refractivity contribution < 1.29 is 34.0 Å². The number of nitrogens with one attached hydrogen (secondary N) is 4. The molecule has 1 amide bonds. The summed E-state index contributed by atoms with van der Waals surface area (Å²) in [6, 6.07) is 39.9. The molecule has 330 valence electrons. The van der Waals surface area contributed by atoms with E-state index in [1.165, 1.54) is 12.1 Å². The third-order valence-electron chi connectivity index (χ3n) is 11.1. The fourth-order valence-corrected chi connectivity index (χ4v) is 7.58. The van der Waals surface area contributed by atoms with Crippen LogP contribution in [0.2, 0.25) is 0 Å². The first-order valence-electron chi connectivity index (χ1n) is 21.7. The number of aliphatic hydroxyl groups is 1. The van der Waals surface area contributed by atoms with Gasteiger partial charge in [-0.1, -0.05) is 105 Å². The summed E-state index contributed by atoms with van der Waals surface area (Å²) in [5.74, 6) is 1.43. The van der Waals surface area contributed by atoms with Crippen LogP contribution in [0.15, 0.2) is 138 Å². The van der Waals surface area contributed by atoms with E-state index in [9.17, 15) is 24.6 Å². The highest BCUT2D eigenvalue weighted by Crippen LogP contribution is 2.29. The zero-order valence-electron chi connectivity index (χ0n) is 35.9. The second-order valence-corrected chi connectivity index (χ2v) is 15.5. The molecule has 0 aliphatic rings. The van der Waals surface area contributed by atoms with Crippen LogP contribution in [-0.4, -0.2) is 66.0 Å². The summed E-state index contributed by atoms with van der Waals surface area (Å²) >= 11 is 0. The predicted octanol–water partition coefficient (Wildman–Crippen LogP) is 8.39. The van der Waals surface area contributed by atoms with Gasteiger partial charge >= 0.3 is 6.09 Å². The molecular formula is C51H58N4O8. The molecule has 2 unspecified atom stereocenters. The number of aromatic amines is 1. The van der Waals surface area contributed by atoms with Crippen molar-refractivity contribution in [2.75, 3.05) is 32.8 Å². The van der Waals surface area contributed by atoms with Crippen molar-refractivity contribution in [3.05, 3.63) is 172 Å². The number of aromatic hydroxyl groups is 1. The molecule has 0 fully saturated rings. The summed E-state index contributed by atoms with van der Waals surface area (Å²) in [4.78, 5) is 40.7. The van der Waals surface area contributed by atoms with Gasteiger partial charge in [-0.25, -0.2) is 4.79 Å². The zero-order chi connectivity index (χ0) is 44.4. The van der Waals surface area contributed by atoms with Crippen molar-refractivity contribution in [3.63, 3.8) is 0 Å². The Kier molecular flexibility index (Phi) is 17.3. The summed E-state index contributed by atoms with van der Waals surface area (Å²) in [5.41, 5.74) is 3.90. The van der Waals surface area contributed by atoms with Gasteiger partial charge < -0.3 is 45.4 Å². The second-order valence-electron chi connectivity index (χ2n) is 15.5. The lowest BCUT2D eigenvalue weighted by molar-refractivity contribution is 0.0567.